The van der Waals surface area contributed by atoms with E-state index in [0.717, 1.165) is 5.69 Å². The summed E-state index contributed by atoms with van der Waals surface area (Å²) in [4.78, 5) is 45.2. The first-order valence-electron chi connectivity index (χ1n) is 14.3. The SMILES string of the molecule is COC(=O)c1cc(Cl)c(N2CCN(C(=O)c3c(-c4ccccc4OC)noc3C)CC2)cc1NC(=O)c1ccc(N(C)C)cc1. The maximum absolute atomic E-state index is 13.7. The lowest BCUT2D eigenvalue weighted by atomic mass is 10.0. The van der Waals surface area contributed by atoms with Crippen LogP contribution < -0.4 is 19.9 Å². The highest BCUT2D eigenvalue weighted by molar-refractivity contribution is 6.34. The van der Waals surface area contributed by atoms with Crippen LogP contribution in [-0.2, 0) is 4.74 Å². The Kier molecular flexibility index (Phi) is 9.29. The van der Waals surface area contributed by atoms with Crippen LogP contribution in [-0.4, -0.2) is 82.3 Å². The smallest absolute Gasteiger partial charge is 0.340 e. The summed E-state index contributed by atoms with van der Waals surface area (Å²) in [6, 6.07) is 17.6. The molecule has 1 N–H and O–H groups in total. The molecule has 1 fully saturated rings. The van der Waals surface area contributed by atoms with E-state index >= 15 is 0 Å². The molecule has 0 saturated carbocycles. The van der Waals surface area contributed by atoms with Gasteiger partial charge in [0.2, 0.25) is 0 Å². The molecule has 2 heterocycles. The van der Waals surface area contributed by atoms with E-state index in [4.69, 9.17) is 25.6 Å². The average Bonchev–Trinajstić information content (AvgIpc) is 3.45. The number of hydrogen-bond acceptors (Lipinski definition) is 9. The van der Waals surface area contributed by atoms with E-state index < -0.39 is 5.97 Å². The van der Waals surface area contributed by atoms with Crippen LogP contribution in [0.1, 0.15) is 36.8 Å². The molecule has 5 rings (SSSR count). The zero-order valence-electron chi connectivity index (χ0n) is 25.7. The Labute approximate surface area is 266 Å². The summed E-state index contributed by atoms with van der Waals surface area (Å²) in [6.45, 7) is 3.41. The van der Waals surface area contributed by atoms with Gasteiger partial charge in [0.25, 0.3) is 11.8 Å². The molecule has 0 unspecified atom stereocenters. The molecule has 1 aliphatic heterocycles. The molecule has 2 amide bonds. The number of rotatable bonds is 8. The van der Waals surface area contributed by atoms with E-state index in [2.05, 4.69) is 10.5 Å². The standard InChI is InChI=1S/C33H34ClN5O6/c1-20-29(30(36-45-20)23-8-6-7-9-28(23)43-4)32(41)39-16-14-38(15-17-39)27-19-26(24(18-25(27)34)33(42)44-5)35-31(40)21-10-12-22(13-11-21)37(2)3/h6-13,18-19H,14-17H2,1-5H3,(H,35,40). The Bertz CT molecular complexity index is 1730. The Balaban J connectivity index is 1.36. The molecule has 1 saturated heterocycles. The van der Waals surface area contributed by atoms with Gasteiger partial charge in [-0.2, -0.15) is 0 Å². The van der Waals surface area contributed by atoms with Crippen molar-refractivity contribution < 1.29 is 28.4 Å². The van der Waals surface area contributed by atoms with Gasteiger partial charge in [-0.25, -0.2) is 4.79 Å². The summed E-state index contributed by atoms with van der Waals surface area (Å²) in [7, 11) is 6.66. The molecular weight excluding hydrogens is 598 g/mol. The van der Waals surface area contributed by atoms with Crippen LogP contribution in [0.2, 0.25) is 5.02 Å². The number of piperazine rings is 1. The lowest BCUT2D eigenvalue weighted by molar-refractivity contribution is 0.0601. The van der Waals surface area contributed by atoms with Crippen LogP contribution in [0.5, 0.6) is 5.75 Å². The predicted molar refractivity (Wildman–Crippen MR) is 173 cm³/mol. The van der Waals surface area contributed by atoms with Gasteiger partial charge in [0.1, 0.15) is 22.8 Å². The number of amides is 2. The first-order valence-corrected chi connectivity index (χ1v) is 14.6. The molecule has 12 heteroatoms. The van der Waals surface area contributed by atoms with Gasteiger partial charge in [-0.05, 0) is 55.5 Å². The number of ether oxygens (including phenoxy) is 2. The zero-order chi connectivity index (χ0) is 32.2. The number of nitrogens with one attached hydrogen (secondary N) is 1. The summed E-state index contributed by atoms with van der Waals surface area (Å²) < 4.78 is 15.9. The molecule has 1 aliphatic rings. The van der Waals surface area contributed by atoms with Crippen molar-refractivity contribution in [2.45, 2.75) is 6.92 Å². The third kappa shape index (κ3) is 6.44. The predicted octanol–water partition coefficient (Wildman–Crippen LogP) is 5.38. The number of methoxy groups -OCH3 is 2. The van der Waals surface area contributed by atoms with Crippen LogP contribution in [0, 0.1) is 6.92 Å². The summed E-state index contributed by atoms with van der Waals surface area (Å²) in [6.07, 6.45) is 0. The fourth-order valence-corrected chi connectivity index (χ4v) is 5.53. The lowest BCUT2D eigenvalue weighted by Crippen LogP contribution is -2.49. The van der Waals surface area contributed by atoms with Crippen molar-refractivity contribution in [3.8, 4) is 17.0 Å². The number of anilines is 3. The maximum Gasteiger partial charge on any atom is 0.340 e. The molecular formula is C33H34ClN5O6. The normalized spacial score (nSPS) is 12.9. The fourth-order valence-electron chi connectivity index (χ4n) is 5.25. The minimum atomic E-state index is -0.632. The van der Waals surface area contributed by atoms with E-state index in [1.807, 2.05) is 54.2 Å². The summed E-state index contributed by atoms with van der Waals surface area (Å²) in [5.74, 6) is -0.212. The molecule has 3 aromatic carbocycles. The van der Waals surface area contributed by atoms with Crippen molar-refractivity contribution in [3.63, 3.8) is 0 Å². The minimum absolute atomic E-state index is 0.130. The van der Waals surface area contributed by atoms with E-state index in [0.29, 0.717) is 70.8 Å². The van der Waals surface area contributed by atoms with Gasteiger partial charge in [-0.3, -0.25) is 9.59 Å². The zero-order valence-corrected chi connectivity index (χ0v) is 26.5. The molecule has 1 aromatic heterocycles. The summed E-state index contributed by atoms with van der Waals surface area (Å²) in [5.41, 5.74) is 3.87. The van der Waals surface area contributed by atoms with E-state index in [1.54, 1.807) is 43.2 Å². The van der Waals surface area contributed by atoms with Gasteiger partial charge in [0.05, 0.1) is 36.2 Å². The Morgan fingerprint density at radius 1 is 0.978 bits per heavy atom. The molecule has 0 radical (unpaired) electrons. The van der Waals surface area contributed by atoms with Gasteiger partial charge in [-0.1, -0.05) is 28.9 Å². The number of hydrogen-bond donors (Lipinski definition) is 1. The van der Waals surface area contributed by atoms with Crippen molar-refractivity contribution in [1.82, 2.24) is 10.1 Å². The molecule has 45 heavy (non-hydrogen) atoms. The van der Waals surface area contributed by atoms with E-state index in [1.165, 1.54) is 13.2 Å². The third-order valence-electron chi connectivity index (χ3n) is 7.73. The number of nitrogens with zero attached hydrogens (tertiary/aromatic N) is 4. The Morgan fingerprint density at radius 2 is 1.67 bits per heavy atom. The van der Waals surface area contributed by atoms with E-state index in [-0.39, 0.29) is 23.1 Å². The van der Waals surface area contributed by atoms with Crippen molar-refractivity contribution in [2.75, 3.05) is 69.6 Å². The van der Waals surface area contributed by atoms with Crippen molar-refractivity contribution in [2.24, 2.45) is 0 Å². The van der Waals surface area contributed by atoms with Gasteiger partial charge in [0.15, 0.2) is 0 Å². The number of aryl methyl sites for hydroxylation is 1. The highest BCUT2D eigenvalue weighted by atomic mass is 35.5. The van der Waals surface area contributed by atoms with Crippen molar-refractivity contribution >= 4 is 46.4 Å². The van der Waals surface area contributed by atoms with Crippen LogP contribution in [0.3, 0.4) is 0 Å². The van der Waals surface area contributed by atoms with Crippen LogP contribution in [0.15, 0.2) is 65.2 Å². The molecule has 234 valence electrons. The van der Waals surface area contributed by atoms with Gasteiger partial charge in [-0.15, -0.1) is 0 Å². The van der Waals surface area contributed by atoms with Gasteiger partial charge >= 0.3 is 5.97 Å². The maximum atomic E-state index is 13.7. The third-order valence-corrected chi connectivity index (χ3v) is 8.04. The van der Waals surface area contributed by atoms with Gasteiger partial charge < -0.3 is 34.0 Å². The number of esters is 1. The van der Waals surface area contributed by atoms with Crippen LogP contribution >= 0.6 is 11.6 Å². The second kappa shape index (κ2) is 13.3. The number of benzene rings is 3. The van der Waals surface area contributed by atoms with Crippen molar-refractivity contribution in [1.29, 1.82) is 0 Å². The molecule has 0 aliphatic carbocycles. The molecule has 0 spiro atoms. The Hall–Kier alpha value is -5.03. The highest BCUT2D eigenvalue weighted by Crippen LogP contribution is 2.36. The summed E-state index contributed by atoms with van der Waals surface area (Å²) in [5, 5.41) is 7.34. The quantitative estimate of drug-likeness (QED) is 0.256. The van der Waals surface area contributed by atoms with Crippen LogP contribution in [0.4, 0.5) is 17.1 Å². The second-order valence-electron chi connectivity index (χ2n) is 10.7. The van der Waals surface area contributed by atoms with Gasteiger partial charge in [0, 0.05) is 57.1 Å². The topological polar surface area (TPSA) is 117 Å². The summed E-state index contributed by atoms with van der Waals surface area (Å²) >= 11 is 6.67. The highest BCUT2D eigenvalue weighted by Gasteiger charge is 2.31. The van der Waals surface area contributed by atoms with Crippen LogP contribution in [0.25, 0.3) is 11.3 Å². The van der Waals surface area contributed by atoms with Crippen molar-refractivity contribution in [3.05, 3.63) is 88.1 Å². The largest absolute Gasteiger partial charge is 0.496 e. The minimum Gasteiger partial charge on any atom is -0.496 e. The first kappa shape index (κ1) is 31.4. The molecule has 11 nitrogen and oxygen atoms in total. The number of carbonyl (C=O) groups is 3. The number of aromatic nitrogens is 1. The lowest BCUT2D eigenvalue weighted by Gasteiger charge is -2.36. The number of carbonyl (C=O) groups excluding carboxylic acids is 3. The molecule has 0 atom stereocenters. The number of para-hydroxylation sites is 1. The molecule has 4 aromatic rings. The fraction of sp³-hybridized carbons (Fsp3) is 0.273. The molecule has 0 bridgehead atoms. The Morgan fingerprint density at radius 3 is 2.31 bits per heavy atom. The van der Waals surface area contributed by atoms with E-state index in [9.17, 15) is 14.4 Å². The monoisotopic (exact) mass is 631 g/mol. The number of halogens is 1. The second-order valence-corrected chi connectivity index (χ2v) is 11.1. The first-order chi connectivity index (χ1) is 21.6. The average molecular weight is 632 g/mol.